The zero-order valence-electron chi connectivity index (χ0n) is 13.5. The molecular weight excluding hydrogens is 330 g/mol. The predicted molar refractivity (Wildman–Crippen MR) is 92.7 cm³/mol. The van der Waals surface area contributed by atoms with E-state index in [0.29, 0.717) is 16.5 Å². The number of carbonyl (C=O) groups excluding carboxylic acids is 2. The van der Waals surface area contributed by atoms with Crippen LogP contribution in [0.2, 0.25) is 5.02 Å². The van der Waals surface area contributed by atoms with Gasteiger partial charge in [-0.2, -0.15) is 0 Å². The van der Waals surface area contributed by atoms with Crippen LogP contribution in [0.15, 0.2) is 42.5 Å². The fourth-order valence-electron chi connectivity index (χ4n) is 2.06. The minimum atomic E-state index is -0.653. The number of anilines is 1. The van der Waals surface area contributed by atoms with Gasteiger partial charge in [-0.3, -0.25) is 4.79 Å². The molecule has 126 valence electrons. The van der Waals surface area contributed by atoms with Crippen molar-refractivity contribution in [1.82, 2.24) is 0 Å². The van der Waals surface area contributed by atoms with E-state index in [1.807, 2.05) is 12.1 Å². The Hall–Kier alpha value is -2.53. The lowest BCUT2D eigenvalue weighted by molar-refractivity contribution is -0.119. The minimum Gasteiger partial charge on any atom is -0.496 e. The zero-order valence-corrected chi connectivity index (χ0v) is 14.2. The molecule has 2 rings (SSSR count). The van der Waals surface area contributed by atoms with Crippen molar-refractivity contribution < 1.29 is 19.1 Å². The summed E-state index contributed by atoms with van der Waals surface area (Å²) < 4.78 is 10.1. The molecule has 6 heteroatoms. The summed E-state index contributed by atoms with van der Waals surface area (Å²) in [5.41, 5.74) is 2.04. The van der Waals surface area contributed by atoms with Crippen molar-refractivity contribution in [1.29, 1.82) is 0 Å². The molecule has 2 aromatic carbocycles. The SMILES string of the molecule is CCc1ccc(NC(=O)COC(=O)c2ccc(Cl)cc2OC)cc1. The maximum Gasteiger partial charge on any atom is 0.342 e. The molecule has 0 atom stereocenters. The minimum absolute atomic E-state index is 0.210. The number of aryl methyl sites for hydroxylation is 1. The van der Waals surface area contributed by atoms with E-state index in [2.05, 4.69) is 12.2 Å². The summed E-state index contributed by atoms with van der Waals surface area (Å²) in [6.07, 6.45) is 0.925. The monoisotopic (exact) mass is 347 g/mol. The highest BCUT2D eigenvalue weighted by atomic mass is 35.5. The van der Waals surface area contributed by atoms with Gasteiger partial charge in [0, 0.05) is 10.7 Å². The Kier molecular flexibility index (Phi) is 6.21. The van der Waals surface area contributed by atoms with Crippen LogP contribution in [0.4, 0.5) is 5.69 Å². The summed E-state index contributed by atoms with van der Waals surface area (Å²) >= 11 is 5.84. The number of hydrogen-bond acceptors (Lipinski definition) is 4. The second kappa shape index (κ2) is 8.36. The van der Waals surface area contributed by atoms with Crippen molar-refractivity contribution in [3.8, 4) is 5.75 Å². The van der Waals surface area contributed by atoms with Crippen molar-refractivity contribution in [3.63, 3.8) is 0 Å². The number of hydrogen-bond donors (Lipinski definition) is 1. The van der Waals surface area contributed by atoms with Gasteiger partial charge in [-0.1, -0.05) is 30.7 Å². The van der Waals surface area contributed by atoms with E-state index >= 15 is 0 Å². The van der Waals surface area contributed by atoms with Gasteiger partial charge in [0.05, 0.1) is 7.11 Å². The first-order valence-corrected chi connectivity index (χ1v) is 7.80. The summed E-state index contributed by atoms with van der Waals surface area (Å²) in [5.74, 6) is -0.774. The predicted octanol–water partition coefficient (Wildman–Crippen LogP) is 3.71. The molecule has 0 heterocycles. The van der Waals surface area contributed by atoms with Gasteiger partial charge < -0.3 is 14.8 Å². The topological polar surface area (TPSA) is 64.6 Å². The molecule has 0 saturated heterocycles. The Balaban J connectivity index is 1.92. The van der Waals surface area contributed by atoms with Crippen LogP contribution in [0.5, 0.6) is 5.75 Å². The summed E-state index contributed by atoms with van der Waals surface area (Å²) in [6, 6.07) is 12.0. The van der Waals surface area contributed by atoms with Crippen LogP contribution in [0, 0.1) is 0 Å². The maximum atomic E-state index is 12.1. The van der Waals surface area contributed by atoms with E-state index < -0.39 is 11.9 Å². The van der Waals surface area contributed by atoms with Crippen molar-refractivity contribution >= 4 is 29.2 Å². The first kappa shape index (κ1) is 17.8. The molecule has 0 unspecified atom stereocenters. The second-order valence-corrected chi connectivity index (χ2v) is 5.46. The fraction of sp³-hybridized carbons (Fsp3) is 0.222. The number of rotatable bonds is 6. The van der Waals surface area contributed by atoms with Gasteiger partial charge in [-0.15, -0.1) is 0 Å². The molecule has 5 nitrogen and oxygen atoms in total. The van der Waals surface area contributed by atoms with E-state index in [1.54, 1.807) is 18.2 Å². The van der Waals surface area contributed by atoms with Crippen molar-refractivity contribution in [2.45, 2.75) is 13.3 Å². The standard InChI is InChI=1S/C18H18ClNO4/c1-3-12-4-7-14(8-5-12)20-17(21)11-24-18(22)15-9-6-13(19)10-16(15)23-2/h4-10H,3,11H2,1-2H3,(H,20,21). The number of ether oxygens (including phenoxy) is 2. The lowest BCUT2D eigenvalue weighted by atomic mass is 10.1. The molecule has 0 fully saturated rings. The van der Waals surface area contributed by atoms with Gasteiger partial charge in [0.1, 0.15) is 11.3 Å². The lowest BCUT2D eigenvalue weighted by Crippen LogP contribution is -2.21. The van der Waals surface area contributed by atoms with Gasteiger partial charge in [-0.25, -0.2) is 4.79 Å². The number of carbonyl (C=O) groups is 2. The number of halogens is 1. The number of methoxy groups -OCH3 is 1. The average Bonchev–Trinajstić information content (AvgIpc) is 2.60. The Bertz CT molecular complexity index is 728. The molecule has 0 bridgehead atoms. The van der Waals surface area contributed by atoms with Crippen LogP contribution in [-0.4, -0.2) is 25.6 Å². The second-order valence-electron chi connectivity index (χ2n) is 5.02. The molecule has 0 saturated carbocycles. The van der Waals surface area contributed by atoms with Crippen LogP contribution >= 0.6 is 11.6 Å². The van der Waals surface area contributed by atoms with Gasteiger partial charge in [0.15, 0.2) is 6.61 Å². The van der Waals surface area contributed by atoms with Crippen LogP contribution in [0.25, 0.3) is 0 Å². The van der Waals surface area contributed by atoms with Crippen molar-refractivity contribution in [3.05, 3.63) is 58.6 Å². The molecule has 0 radical (unpaired) electrons. The normalized spacial score (nSPS) is 10.1. The first-order valence-electron chi connectivity index (χ1n) is 7.43. The fourth-order valence-corrected chi connectivity index (χ4v) is 2.23. The highest BCUT2D eigenvalue weighted by molar-refractivity contribution is 6.30. The van der Waals surface area contributed by atoms with Gasteiger partial charge in [0.2, 0.25) is 0 Å². The Labute approximate surface area is 145 Å². The largest absolute Gasteiger partial charge is 0.496 e. The third-order valence-corrected chi connectivity index (χ3v) is 3.60. The summed E-state index contributed by atoms with van der Waals surface area (Å²) in [4.78, 5) is 23.9. The molecule has 0 aliphatic heterocycles. The van der Waals surface area contributed by atoms with Crippen LogP contribution in [-0.2, 0) is 16.0 Å². The van der Waals surface area contributed by atoms with Gasteiger partial charge in [0.25, 0.3) is 5.91 Å². The van der Waals surface area contributed by atoms with E-state index in [-0.39, 0.29) is 12.2 Å². The molecule has 0 aromatic heterocycles. The zero-order chi connectivity index (χ0) is 17.5. The maximum absolute atomic E-state index is 12.1. The molecule has 0 aliphatic rings. The average molecular weight is 348 g/mol. The Morgan fingerprint density at radius 3 is 2.46 bits per heavy atom. The molecule has 0 aliphatic carbocycles. The van der Waals surface area contributed by atoms with Crippen LogP contribution in [0.1, 0.15) is 22.8 Å². The molecule has 1 amide bonds. The third kappa shape index (κ3) is 4.73. The highest BCUT2D eigenvalue weighted by Gasteiger charge is 2.15. The first-order chi connectivity index (χ1) is 11.5. The smallest absolute Gasteiger partial charge is 0.342 e. The molecular formula is C18H18ClNO4. The number of benzene rings is 2. The number of nitrogens with one attached hydrogen (secondary N) is 1. The summed E-state index contributed by atoms with van der Waals surface area (Å²) in [6.45, 7) is 1.66. The lowest BCUT2D eigenvalue weighted by Gasteiger charge is -2.10. The molecule has 0 spiro atoms. The van der Waals surface area contributed by atoms with E-state index in [0.717, 1.165) is 6.42 Å². The van der Waals surface area contributed by atoms with Gasteiger partial charge in [-0.05, 0) is 42.3 Å². The number of amides is 1. The summed E-state index contributed by atoms with van der Waals surface area (Å²) in [5, 5.41) is 3.11. The highest BCUT2D eigenvalue weighted by Crippen LogP contribution is 2.23. The van der Waals surface area contributed by atoms with E-state index in [1.165, 1.54) is 24.8 Å². The number of esters is 1. The molecule has 1 N–H and O–H groups in total. The third-order valence-electron chi connectivity index (χ3n) is 3.36. The van der Waals surface area contributed by atoms with Crippen LogP contribution in [0.3, 0.4) is 0 Å². The Morgan fingerprint density at radius 2 is 1.83 bits per heavy atom. The quantitative estimate of drug-likeness (QED) is 0.809. The van der Waals surface area contributed by atoms with Gasteiger partial charge >= 0.3 is 5.97 Å². The van der Waals surface area contributed by atoms with Crippen molar-refractivity contribution in [2.24, 2.45) is 0 Å². The Morgan fingerprint density at radius 1 is 1.12 bits per heavy atom. The summed E-state index contributed by atoms with van der Waals surface area (Å²) in [7, 11) is 1.43. The molecule has 2 aromatic rings. The molecule has 24 heavy (non-hydrogen) atoms. The van der Waals surface area contributed by atoms with Crippen LogP contribution < -0.4 is 10.1 Å². The van der Waals surface area contributed by atoms with Crippen molar-refractivity contribution in [2.75, 3.05) is 19.0 Å². The van der Waals surface area contributed by atoms with E-state index in [9.17, 15) is 9.59 Å². The van der Waals surface area contributed by atoms with E-state index in [4.69, 9.17) is 21.1 Å².